The van der Waals surface area contributed by atoms with Crippen molar-refractivity contribution in [3.8, 4) is 17.1 Å². The van der Waals surface area contributed by atoms with E-state index in [0.29, 0.717) is 25.0 Å². The number of nitrogens with zero attached hydrogens (tertiary/aromatic N) is 3. The smallest absolute Gasteiger partial charge is 0.269 e. The van der Waals surface area contributed by atoms with Gasteiger partial charge >= 0.3 is 0 Å². The zero-order valence-electron chi connectivity index (χ0n) is 29.8. The number of hydrogen-bond donors (Lipinski definition) is 6. The van der Waals surface area contributed by atoms with E-state index < -0.39 is 18.1 Å². The van der Waals surface area contributed by atoms with Crippen molar-refractivity contribution >= 4 is 29.5 Å². The van der Waals surface area contributed by atoms with E-state index >= 15 is 0 Å². The Kier molecular flexibility index (Phi) is 12.2. The molecule has 2 fully saturated rings. The number of hydrogen-bond acceptors (Lipinski definition) is 7. The highest BCUT2D eigenvalue weighted by Gasteiger charge is 2.41. The highest BCUT2D eigenvalue weighted by atomic mass is 16.3. The van der Waals surface area contributed by atoms with Crippen molar-refractivity contribution in [3.05, 3.63) is 59.9 Å². The van der Waals surface area contributed by atoms with Gasteiger partial charge < -0.3 is 35.8 Å². The third kappa shape index (κ3) is 9.77. The molecule has 0 bridgehead atoms. The second kappa shape index (κ2) is 16.7. The number of aryl methyl sites for hydroxylation is 1. The van der Waals surface area contributed by atoms with Gasteiger partial charge in [-0.25, -0.2) is 0 Å². The first kappa shape index (κ1) is 37.1. The maximum Gasteiger partial charge on any atom is 0.269 e. The van der Waals surface area contributed by atoms with Gasteiger partial charge in [0.05, 0.1) is 5.69 Å². The summed E-state index contributed by atoms with van der Waals surface area (Å²) in [6.07, 6.45) is 4.27. The zero-order valence-corrected chi connectivity index (χ0v) is 29.8. The van der Waals surface area contributed by atoms with Crippen molar-refractivity contribution < 1.29 is 29.1 Å². The maximum atomic E-state index is 13.8. The Bertz CT molecular complexity index is 1700. The summed E-state index contributed by atoms with van der Waals surface area (Å²) in [7, 11) is 1.89. The Balaban J connectivity index is 1.30. The van der Waals surface area contributed by atoms with Crippen molar-refractivity contribution in [1.29, 1.82) is 0 Å². The molecule has 0 unspecified atom stereocenters. The summed E-state index contributed by atoms with van der Waals surface area (Å²) in [6.45, 7) is 6.37. The normalized spacial score (nSPS) is 24.3. The number of amides is 5. The number of carbonyl (C=O) groups excluding carboxylic acids is 5. The van der Waals surface area contributed by atoms with Gasteiger partial charge in [0.2, 0.25) is 23.6 Å². The third-order valence-corrected chi connectivity index (χ3v) is 9.82. The number of phenolic OH excluding ortho intramolecular Hbond substituents is 1. The van der Waals surface area contributed by atoms with Crippen molar-refractivity contribution in [3.63, 3.8) is 0 Å². The van der Waals surface area contributed by atoms with Crippen LogP contribution in [0.1, 0.15) is 75.3 Å². The van der Waals surface area contributed by atoms with E-state index in [1.165, 1.54) is 12.1 Å². The van der Waals surface area contributed by atoms with Crippen LogP contribution < -0.4 is 21.3 Å². The molecule has 4 heterocycles. The van der Waals surface area contributed by atoms with Crippen LogP contribution in [0.25, 0.3) is 11.4 Å². The van der Waals surface area contributed by atoms with Crippen LogP contribution in [0, 0.1) is 11.8 Å². The van der Waals surface area contributed by atoms with Gasteiger partial charge in [0, 0.05) is 57.7 Å². The zero-order chi connectivity index (χ0) is 36.7. The molecule has 6 N–H and O–H groups in total. The number of carbonyl (C=O) groups is 5. The number of rotatable bonds is 6. The van der Waals surface area contributed by atoms with Crippen LogP contribution in [0.4, 0.5) is 0 Å². The van der Waals surface area contributed by atoms with Crippen molar-refractivity contribution in [2.75, 3.05) is 13.1 Å². The summed E-state index contributed by atoms with van der Waals surface area (Å²) in [5, 5.41) is 28.7. The SMILES string of the molecule is CC(C)[C@@H]1CC[C@@H](C)CC(=O)N[C@@H](Cc2ccc(O)cc2)C(=O)NCCCC(=O)N2C[C@H](NC(=O)c3cc(-c4cccn4C)n[nH]3)C[C@H]2C(=O)N1. The van der Waals surface area contributed by atoms with Gasteiger partial charge in [-0.15, -0.1) is 0 Å². The Morgan fingerprint density at radius 1 is 1.06 bits per heavy atom. The molecule has 1 aromatic carbocycles. The molecular formula is C37H50N8O6. The number of aromatic nitrogens is 3. The standard InChI is InChI=1S/C37H50N8O6/c1-22(2)27-14-9-23(3)17-33(47)40-29(18-24-10-12-26(46)13-11-24)35(49)38-15-5-8-34(48)45-21-25(19-32(45)37(51)41-27)39-36(50)30-20-28(42-43-30)31-7-6-16-44(31)4/h6-7,10-13,16,20,22-23,25,27,29,32,46H,5,8-9,14-15,17-19,21H2,1-4H3,(H,38,49)(H,39,50)(H,40,47)(H,41,51)(H,42,43)/t23-,25-,27+,29+,32+/m1/s1. The minimum absolute atomic E-state index is 0.0202. The second-order valence-electron chi connectivity index (χ2n) is 14.3. The average molecular weight is 703 g/mol. The number of aromatic amines is 1. The lowest BCUT2D eigenvalue weighted by Crippen LogP contribution is -2.50. The molecule has 0 radical (unpaired) electrons. The predicted octanol–water partition coefficient (Wildman–Crippen LogP) is 2.40. The van der Waals surface area contributed by atoms with Crippen LogP contribution in [0.5, 0.6) is 5.75 Å². The summed E-state index contributed by atoms with van der Waals surface area (Å²) < 4.78 is 1.90. The summed E-state index contributed by atoms with van der Waals surface area (Å²) in [4.78, 5) is 68.7. The number of H-pyrrole nitrogens is 1. The fraction of sp³-hybridized carbons (Fsp3) is 0.514. The molecule has 51 heavy (non-hydrogen) atoms. The molecule has 2 aliphatic heterocycles. The van der Waals surface area contributed by atoms with E-state index in [1.54, 1.807) is 23.1 Å². The Labute approximate surface area is 298 Å². The summed E-state index contributed by atoms with van der Waals surface area (Å²) in [5.74, 6) is -1.34. The van der Waals surface area contributed by atoms with Crippen LogP contribution in [0.2, 0.25) is 0 Å². The summed E-state index contributed by atoms with van der Waals surface area (Å²) in [6, 6.07) is 9.67. The first-order valence-corrected chi connectivity index (χ1v) is 17.8. The lowest BCUT2D eigenvalue weighted by molar-refractivity contribution is -0.139. The van der Waals surface area contributed by atoms with Gasteiger partial charge in [-0.3, -0.25) is 29.1 Å². The van der Waals surface area contributed by atoms with Crippen LogP contribution in [0.3, 0.4) is 0 Å². The lowest BCUT2D eigenvalue weighted by atomic mass is 9.92. The molecule has 274 valence electrons. The molecule has 14 heteroatoms. The van der Waals surface area contributed by atoms with Crippen LogP contribution in [0.15, 0.2) is 48.7 Å². The Hall–Kier alpha value is -5.14. The molecule has 0 spiro atoms. The maximum absolute atomic E-state index is 13.8. The van der Waals surface area contributed by atoms with E-state index in [4.69, 9.17) is 0 Å². The number of fused-ring (bicyclic) bond motifs is 1. The largest absolute Gasteiger partial charge is 0.508 e. The molecule has 5 rings (SSSR count). The number of benzene rings is 1. The van der Waals surface area contributed by atoms with E-state index in [9.17, 15) is 29.1 Å². The molecule has 5 atom stereocenters. The highest BCUT2D eigenvalue weighted by molar-refractivity contribution is 5.94. The molecule has 0 saturated carbocycles. The van der Waals surface area contributed by atoms with Crippen LogP contribution in [-0.4, -0.2) is 91.6 Å². The van der Waals surface area contributed by atoms with E-state index in [-0.39, 0.29) is 97.6 Å². The number of phenols is 1. The second-order valence-corrected chi connectivity index (χ2v) is 14.3. The van der Waals surface area contributed by atoms with Gasteiger partial charge in [-0.2, -0.15) is 5.10 Å². The van der Waals surface area contributed by atoms with Gasteiger partial charge in [-0.1, -0.05) is 32.9 Å². The molecule has 14 nitrogen and oxygen atoms in total. The topological polar surface area (TPSA) is 191 Å². The van der Waals surface area contributed by atoms with E-state index in [0.717, 1.165) is 11.3 Å². The van der Waals surface area contributed by atoms with Gasteiger partial charge in [0.15, 0.2) is 0 Å². The third-order valence-electron chi connectivity index (χ3n) is 9.82. The fourth-order valence-corrected chi connectivity index (χ4v) is 6.81. The molecule has 2 aliphatic rings. The first-order chi connectivity index (χ1) is 24.4. The van der Waals surface area contributed by atoms with Gasteiger partial charge in [0.25, 0.3) is 5.91 Å². The number of aromatic hydroxyl groups is 1. The van der Waals surface area contributed by atoms with Crippen molar-refractivity contribution in [2.24, 2.45) is 18.9 Å². The van der Waals surface area contributed by atoms with E-state index in [2.05, 4.69) is 31.5 Å². The predicted molar refractivity (Wildman–Crippen MR) is 190 cm³/mol. The van der Waals surface area contributed by atoms with Crippen LogP contribution in [-0.2, 0) is 32.6 Å². The van der Waals surface area contributed by atoms with Gasteiger partial charge in [-0.05, 0) is 73.4 Å². The minimum atomic E-state index is -0.836. The quantitative estimate of drug-likeness (QED) is 0.227. The lowest BCUT2D eigenvalue weighted by Gasteiger charge is -2.29. The highest BCUT2D eigenvalue weighted by Crippen LogP contribution is 2.24. The first-order valence-electron chi connectivity index (χ1n) is 17.8. The van der Waals surface area contributed by atoms with Gasteiger partial charge in [0.1, 0.15) is 29.2 Å². The Morgan fingerprint density at radius 2 is 1.82 bits per heavy atom. The molecular weight excluding hydrogens is 652 g/mol. The molecule has 3 aromatic rings. The molecule has 5 amide bonds. The summed E-state index contributed by atoms with van der Waals surface area (Å²) >= 11 is 0. The molecule has 2 aromatic heterocycles. The Morgan fingerprint density at radius 3 is 2.53 bits per heavy atom. The minimum Gasteiger partial charge on any atom is -0.508 e. The molecule has 0 aliphatic carbocycles. The summed E-state index contributed by atoms with van der Waals surface area (Å²) in [5.41, 5.74) is 2.52. The monoisotopic (exact) mass is 702 g/mol. The van der Waals surface area contributed by atoms with Crippen molar-refractivity contribution in [2.45, 2.75) is 89.9 Å². The molecule has 2 saturated heterocycles. The average Bonchev–Trinajstić information content (AvgIpc) is 3.85. The fourth-order valence-electron chi connectivity index (χ4n) is 6.81. The van der Waals surface area contributed by atoms with Crippen LogP contribution >= 0.6 is 0 Å². The van der Waals surface area contributed by atoms with Crippen molar-refractivity contribution in [1.82, 2.24) is 40.9 Å². The number of nitrogens with one attached hydrogen (secondary N) is 5. The van der Waals surface area contributed by atoms with E-state index in [1.807, 2.05) is 50.7 Å².